The number of aromatic nitrogens is 8. The van der Waals surface area contributed by atoms with E-state index in [1.807, 2.05) is 0 Å². The Morgan fingerprint density at radius 3 is 2.48 bits per heavy atom. The van der Waals surface area contributed by atoms with Gasteiger partial charge in [0.15, 0.2) is 17.1 Å². The SMILES string of the molecule is Fc1cccc(C(F)(F)F)c1CNc1ncnc2nc[nH]c12.c1ncc2[nH]cnc2n1. The molecule has 4 heterocycles. The number of nitrogens with zero attached hydrogens (tertiary/aromatic N) is 6. The molecule has 158 valence electrons. The molecule has 13 heteroatoms. The number of imidazole rings is 2. The number of alkyl halides is 3. The van der Waals surface area contributed by atoms with E-state index < -0.39 is 23.1 Å². The second-order valence-corrected chi connectivity index (χ2v) is 6.10. The minimum absolute atomic E-state index is 0.249. The van der Waals surface area contributed by atoms with Crippen LogP contribution in [0.3, 0.4) is 0 Å². The topological polar surface area (TPSA) is 121 Å². The van der Waals surface area contributed by atoms with Gasteiger partial charge in [-0.3, -0.25) is 0 Å². The van der Waals surface area contributed by atoms with Gasteiger partial charge in [-0.25, -0.2) is 34.3 Å². The molecule has 31 heavy (non-hydrogen) atoms. The molecule has 5 aromatic rings. The van der Waals surface area contributed by atoms with E-state index in [1.54, 1.807) is 12.5 Å². The van der Waals surface area contributed by atoms with Crippen LogP contribution in [0.15, 0.2) is 49.7 Å². The summed E-state index contributed by atoms with van der Waals surface area (Å²) < 4.78 is 52.5. The van der Waals surface area contributed by atoms with Crippen LogP contribution < -0.4 is 5.32 Å². The number of fused-ring (bicyclic) bond motifs is 2. The Morgan fingerprint density at radius 1 is 0.903 bits per heavy atom. The van der Waals surface area contributed by atoms with Crippen LogP contribution in [0, 0.1) is 5.82 Å². The fourth-order valence-electron chi connectivity index (χ4n) is 2.77. The van der Waals surface area contributed by atoms with E-state index >= 15 is 0 Å². The van der Waals surface area contributed by atoms with E-state index in [0.717, 1.165) is 23.7 Å². The Hall–Kier alpha value is -4.16. The summed E-state index contributed by atoms with van der Waals surface area (Å²) in [5, 5.41) is 2.68. The van der Waals surface area contributed by atoms with Crippen LogP contribution in [0.1, 0.15) is 11.1 Å². The summed E-state index contributed by atoms with van der Waals surface area (Å²) in [4.78, 5) is 29.0. The lowest BCUT2D eigenvalue weighted by Crippen LogP contribution is -2.14. The summed E-state index contributed by atoms with van der Waals surface area (Å²) in [6.45, 7) is -0.368. The van der Waals surface area contributed by atoms with E-state index in [9.17, 15) is 17.6 Å². The molecule has 5 rings (SSSR count). The Labute approximate surface area is 171 Å². The molecule has 0 aliphatic heterocycles. The predicted octanol–water partition coefficient (Wildman–Crippen LogP) is 3.48. The van der Waals surface area contributed by atoms with E-state index in [4.69, 9.17) is 0 Å². The zero-order valence-electron chi connectivity index (χ0n) is 15.5. The summed E-state index contributed by atoms with van der Waals surface area (Å²) in [5.41, 5.74) is 0.896. The van der Waals surface area contributed by atoms with Crippen molar-refractivity contribution >= 4 is 28.1 Å². The number of H-pyrrole nitrogens is 2. The van der Waals surface area contributed by atoms with Crippen LogP contribution in [0.4, 0.5) is 23.4 Å². The third-order valence-corrected chi connectivity index (χ3v) is 4.18. The molecule has 4 aromatic heterocycles. The lowest BCUT2D eigenvalue weighted by molar-refractivity contribution is -0.138. The molecule has 0 unspecified atom stereocenters. The van der Waals surface area contributed by atoms with Gasteiger partial charge in [-0.15, -0.1) is 0 Å². The third kappa shape index (κ3) is 4.39. The quantitative estimate of drug-likeness (QED) is 0.374. The van der Waals surface area contributed by atoms with Gasteiger partial charge in [0.05, 0.1) is 24.4 Å². The van der Waals surface area contributed by atoms with Crippen molar-refractivity contribution in [2.75, 3.05) is 5.32 Å². The van der Waals surface area contributed by atoms with Crippen molar-refractivity contribution in [2.45, 2.75) is 12.7 Å². The summed E-state index contributed by atoms with van der Waals surface area (Å²) in [6.07, 6.45) is 2.73. The molecule has 9 nitrogen and oxygen atoms in total. The monoisotopic (exact) mass is 431 g/mol. The fraction of sp³-hybridized carbons (Fsp3) is 0.111. The van der Waals surface area contributed by atoms with Gasteiger partial charge in [0.2, 0.25) is 0 Å². The number of aromatic amines is 2. The first-order valence-electron chi connectivity index (χ1n) is 8.75. The Balaban J connectivity index is 0.000000212. The zero-order valence-corrected chi connectivity index (χ0v) is 15.5. The zero-order chi connectivity index (χ0) is 21.8. The molecule has 0 aliphatic carbocycles. The van der Waals surface area contributed by atoms with Crippen LogP contribution in [-0.4, -0.2) is 39.9 Å². The first kappa shape index (κ1) is 20.1. The van der Waals surface area contributed by atoms with Crippen molar-refractivity contribution in [1.29, 1.82) is 0 Å². The van der Waals surface area contributed by atoms with Gasteiger partial charge < -0.3 is 15.3 Å². The minimum atomic E-state index is -4.63. The minimum Gasteiger partial charge on any atom is -0.364 e. The van der Waals surface area contributed by atoms with E-state index in [1.165, 1.54) is 19.0 Å². The van der Waals surface area contributed by atoms with Crippen LogP contribution in [0.5, 0.6) is 0 Å². The van der Waals surface area contributed by atoms with Crippen molar-refractivity contribution in [3.8, 4) is 0 Å². The maximum atomic E-state index is 13.7. The third-order valence-electron chi connectivity index (χ3n) is 4.18. The summed E-state index contributed by atoms with van der Waals surface area (Å²) in [5.74, 6) is -0.684. The van der Waals surface area contributed by atoms with Gasteiger partial charge >= 0.3 is 6.18 Å². The van der Waals surface area contributed by atoms with Crippen LogP contribution in [-0.2, 0) is 12.7 Å². The van der Waals surface area contributed by atoms with Gasteiger partial charge in [0, 0.05) is 12.1 Å². The highest BCUT2D eigenvalue weighted by atomic mass is 19.4. The summed E-state index contributed by atoms with van der Waals surface area (Å²) >= 11 is 0. The largest absolute Gasteiger partial charge is 0.416 e. The predicted molar refractivity (Wildman–Crippen MR) is 102 cm³/mol. The normalized spacial score (nSPS) is 11.4. The van der Waals surface area contributed by atoms with E-state index in [2.05, 4.69) is 45.2 Å². The number of rotatable bonds is 3. The molecule has 1 aromatic carbocycles. The molecular weight excluding hydrogens is 418 g/mol. The van der Waals surface area contributed by atoms with Crippen LogP contribution >= 0.6 is 0 Å². The maximum Gasteiger partial charge on any atom is 0.416 e. The van der Waals surface area contributed by atoms with Gasteiger partial charge in [-0.2, -0.15) is 13.2 Å². The van der Waals surface area contributed by atoms with Gasteiger partial charge in [-0.1, -0.05) is 6.07 Å². The summed E-state index contributed by atoms with van der Waals surface area (Å²) in [6, 6.07) is 2.85. The lowest BCUT2D eigenvalue weighted by Gasteiger charge is -2.14. The average Bonchev–Trinajstić information content (AvgIpc) is 3.42. The first-order valence-corrected chi connectivity index (χ1v) is 8.75. The molecule has 0 aliphatic rings. The maximum absolute atomic E-state index is 13.7. The number of benzene rings is 1. The first-order chi connectivity index (χ1) is 14.9. The van der Waals surface area contributed by atoms with Crippen LogP contribution in [0.2, 0.25) is 0 Å². The smallest absolute Gasteiger partial charge is 0.364 e. The molecule has 0 radical (unpaired) electrons. The second-order valence-electron chi connectivity index (χ2n) is 6.10. The lowest BCUT2D eigenvalue weighted by atomic mass is 10.1. The highest BCUT2D eigenvalue weighted by molar-refractivity contribution is 5.81. The molecule has 0 saturated heterocycles. The van der Waals surface area contributed by atoms with E-state index in [0.29, 0.717) is 16.8 Å². The number of hydrogen-bond acceptors (Lipinski definition) is 7. The van der Waals surface area contributed by atoms with Gasteiger partial charge in [0.1, 0.15) is 29.5 Å². The average molecular weight is 431 g/mol. The van der Waals surface area contributed by atoms with Crippen molar-refractivity contribution in [2.24, 2.45) is 0 Å². The molecular formula is C18H13F4N9. The number of anilines is 1. The number of hydrogen-bond donors (Lipinski definition) is 3. The Kier molecular flexibility index (Phi) is 5.39. The van der Waals surface area contributed by atoms with Crippen LogP contribution in [0.25, 0.3) is 22.3 Å². The molecule has 0 amide bonds. The van der Waals surface area contributed by atoms with Crippen molar-refractivity contribution in [1.82, 2.24) is 39.9 Å². The van der Waals surface area contributed by atoms with Crippen molar-refractivity contribution < 1.29 is 17.6 Å². The molecule has 0 atom stereocenters. The van der Waals surface area contributed by atoms with Crippen molar-refractivity contribution in [3.63, 3.8) is 0 Å². The van der Waals surface area contributed by atoms with E-state index in [-0.39, 0.29) is 12.4 Å². The highest BCUT2D eigenvalue weighted by Gasteiger charge is 2.34. The highest BCUT2D eigenvalue weighted by Crippen LogP contribution is 2.33. The fourth-order valence-corrected chi connectivity index (χ4v) is 2.77. The van der Waals surface area contributed by atoms with Crippen molar-refractivity contribution in [3.05, 3.63) is 66.6 Å². The molecule has 0 saturated carbocycles. The number of nitrogens with one attached hydrogen (secondary N) is 3. The molecule has 0 fully saturated rings. The Bertz CT molecular complexity index is 1280. The van der Waals surface area contributed by atoms with Gasteiger partial charge in [-0.05, 0) is 12.1 Å². The second kappa shape index (κ2) is 8.30. The molecule has 0 bridgehead atoms. The standard InChI is InChI=1S/C13H9F4N5.C5H4N4/c14-9-3-1-2-8(13(15,16)17)7(9)4-18-11-10-12(20-5-19-10)22-6-21-11;1-4-5(8-2-6-1)9-3-7-4/h1-3,5-6H,4H2,(H2,18,19,20,21,22);1-3H,(H,6,7,8,9). The Morgan fingerprint density at radius 2 is 1.68 bits per heavy atom. The number of halogens is 4. The van der Waals surface area contributed by atoms with Gasteiger partial charge in [0.25, 0.3) is 0 Å². The molecule has 0 spiro atoms. The summed E-state index contributed by atoms with van der Waals surface area (Å²) in [7, 11) is 0. The molecule has 3 N–H and O–H groups in total.